The molecule has 5 aliphatic heterocycles. The van der Waals surface area contributed by atoms with Crippen LogP contribution in [0.3, 0.4) is 0 Å². The van der Waals surface area contributed by atoms with Gasteiger partial charge >= 0.3 is 11.8 Å². The number of likely N-dealkylation sites (tertiary alicyclic amines) is 1. The second kappa shape index (κ2) is 21.6. The van der Waals surface area contributed by atoms with Gasteiger partial charge in [-0.2, -0.15) is 0 Å². The molecule has 5 aliphatic rings. The molecule has 4 atom stereocenters. The number of esters is 1. The van der Waals surface area contributed by atoms with Crippen LogP contribution in [0.2, 0.25) is 0 Å². The first-order valence-corrected chi connectivity index (χ1v) is 24.3. The molecular formula is C53H68N6O10. The van der Waals surface area contributed by atoms with Crippen LogP contribution in [0.15, 0.2) is 76.5 Å². The number of Topliss-reactive ketones (excluding diaryl/α,β-unsaturated/α-hetero) is 1. The highest BCUT2D eigenvalue weighted by Gasteiger charge is 2.50. The van der Waals surface area contributed by atoms with Gasteiger partial charge in [0.05, 0.1) is 28.7 Å². The molecule has 0 aromatic heterocycles. The van der Waals surface area contributed by atoms with Gasteiger partial charge in [0.1, 0.15) is 35.1 Å². The number of piperidine rings is 1. The number of benzene rings is 3. The van der Waals surface area contributed by atoms with Crippen molar-refractivity contribution in [3.63, 3.8) is 0 Å². The summed E-state index contributed by atoms with van der Waals surface area (Å²) in [5, 5.41) is 41.3. The summed E-state index contributed by atoms with van der Waals surface area (Å²) in [4.78, 5) is 69.2. The van der Waals surface area contributed by atoms with E-state index in [4.69, 9.17) is 24.2 Å². The zero-order valence-electron chi connectivity index (χ0n) is 41.0. The lowest BCUT2D eigenvalue weighted by molar-refractivity contribution is -0.152. The number of nitrogens with zero attached hydrogens (tertiary/aromatic N) is 4. The van der Waals surface area contributed by atoms with Crippen LogP contribution in [0.4, 0.5) is 11.4 Å². The number of aromatic hydroxyl groups is 2. The summed E-state index contributed by atoms with van der Waals surface area (Å²) >= 11 is 0. The van der Waals surface area contributed by atoms with E-state index in [0.717, 1.165) is 12.2 Å². The molecule has 3 unspecified atom stereocenters. The van der Waals surface area contributed by atoms with Crippen molar-refractivity contribution in [1.29, 1.82) is 0 Å². The first-order valence-electron chi connectivity index (χ1n) is 24.3. The molecule has 0 aliphatic carbocycles. The monoisotopic (exact) mass is 948 g/mol. The smallest absolute Gasteiger partial charge is 0.315 e. The van der Waals surface area contributed by atoms with Crippen molar-refractivity contribution >= 4 is 45.7 Å². The molecule has 1 fully saturated rings. The number of ether oxygens (including phenoxy) is 3. The van der Waals surface area contributed by atoms with Crippen LogP contribution in [0.25, 0.3) is 10.8 Å². The first-order chi connectivity index (χ1) is 32.9. The van der Waals surface area contributed by atoms with Gasteiger partial charge in [-0.3, -0.25) is 29.2 Å². The van der Waals surface area contributed by atoms with Crippen molar-refractivity contribution in [2.45, 2.75) is 123 Å². The maximum absolute atomic E-state index is 14.7. The predicted octanol–water partition coefficient (Wildman–Crippen LogP) is 6.43. The Morgan fingerprint density at radius 1 is 1.03 bits per heavy atom. The molecule has 2 amide bonds. The van der Waals surface area contributed by atoms with Crippen molar-refractivity contribution in [3.05, 3.63) is 88.3 Å². The summed E-state index contributed by atoms with van der Waals surface area (Å²) in [6.07, 6.45) is 9.76. The van der Waals surface area contributed by atoms with Gasteiger partial charge < -0.3 is 50.0 Å². The number of allylic oxidation sites excluding steroid dienone is 4. The predicted molar refractivity (Wildman–Crippen MR) is 263 cm³/mol. The van der Waals surface area contributed by atoms with E-state index < -0.39 is 59.4 Å². The van der Waals surface area contributed by atoms with Gasteiger partial charge in [0.15, 0.2) is 11.4 Å². The molecule has 1 saturated heterocycles. The Morgan fingerprint density at radius 3 is 2.48 bits per heavy atom. The number of anilines is 2. The largest absolute Gasteiger partial charge is 0.507 e. The van der Waals surface area contributed by atoms with Crippen LogP contribution >= 0.6 is 0 Å². The second-order valence-corrected chi connectivity index (χ2v) is 19.6. The Hall–Kier alpha value is -6.26. The number of aliphatic hydroxyl groups is 1. The third-order valence-electron chi connectivity index (χ3n) is 13.4. The zero-order chi connectivity index (χ0) is 49.6. The lowest BCUT2D eigenvalue weighted by Crippen LogP contribution is -2.43. The third-order valence-corrected chi connectivity index (χ3v) is 13.4. The van der Waals surface area contributed by atoms with Crippen molar-refractivity contribution in [2.75, 3.05) is 50.0 Å². The van der Waals surface area contributed by atoms with E-state index in [1.165, 1.54) is 13.2 Å². The Balaban J connectivity index is 1.14. The fraction of sp³-hybridized carbons (Fsp3) is 0.509. The van der Waals surface area contributed by atoms with E-state index in [-0.39, 0.29) is 68.6 Å². The van der Waals surface area contributed by atoms with E-state index in [0.29, 0.717) is 76.2 Å². The molecule has 370 valence electrons. The molecule has 0 saturated carbocycles. The van der Waals surface area contributed by atoms with Crippen LogP contribution in [0.1, 0.15) is 108 Å². The quantitative estimate of drug-likeness (QED) is 0.0645. The summed E-state index contributed by atoms with van der Waals surface area (Å²) in [7, 11) is 1.98. The standard InChI is InChI=1S/C53H68N6O10/c1-32(2)31-59-26-22-53(23-27-59)56-44-41-42-47(63)35(5)49-43(41)50(65)52(6,69-49)67-28-12-11-19-38(68-40(62)30-39(61)54-24-14-25-58(7)36-17-9-8-10-18-36)29-37(60)21-20-33(3)15-13-16-34(4)51(66)55-46(48(42)64)45(44)57-53/h8-10,12-13,15-18,28,32-33,37-38,60,63-64H,11,14,19-27,29-31H2,1-7H3,(H,54,61)(H,55,66)/b15-13+,28-12+,34-16-/t33?,37?,38-,52?/m1/s1. The van der Waals surface area contributed by atoms with Gasteiger partial charge in [-0.1, -0.05) is 57.2 Å². The number of phenols is 2. The number of rotatable bonds is 10. The second-order valence-electron chi connectivity index (χ2n) is 19.6. The summed E-state index contributed by atoms with van der Waals surface area (Å²) in [5.74, 6) is -4.45. The number of phenolic OH excluding ortho intramolecular Hbond substituents is 2. The Labute approximate surface area is 403 Å². The number of hydrogen-bond acceptors (Lipinski definition) is 14. The van der Waals surface area contributed by atoms with Crippen LogP contribution < -0.4 is 31.0 Å². The normalized spacial score (nSPS) is 24.6. The molecule has 5 bridgehead atoms. The molecule has 5 heterocycles. The first kappa shape index (κ1) is 50.6. The average Bonchev–Trinajstić information content (AvgIpc) is 3.81. The molecular weight excluding hydrogens is 881 g/mol. The molecule has 3 aromatic carbocycles. The van der Waals surface area contributed by atoms with Gasteiger partial charge in [0, 0.05) is 88.2 Å². The topological polar surface area (TPSA) is 212 Å². The van der Waals surface area contributed by atoms with Crippen LogP contribution in [-0.4, -0.2) is 107 Å². The highest BCUT2D eigenvalue weighted by atomic mass is 16.7. The number of amides is 2. The summed E-state index contributed by atoms with van der Waals surface area (Å²) in [6, 6.07) is 9.90. The number of nitrogens with one attached hydrogen (secondary N) is 2. The van der Waals surface area contributed by atoms with Crippen molar-refractivity contribution < 1.29 is 48.7 Å². The lowest BCUT2D eigenvalue weighted by atomic mass is 9.93. The highest BCUT2D eigenvalue weighted by Crippen LogP contribution is 2.50. The SMILES string of the molecule is C/C1=C/C=C/C(C)CCC(O)C[C@H](OC(=O)CC(=O)NCCCN(C)c2ccccc2)CC/C=C/OC2(C)Oc3c(C)c(O)c4c(O)c(c5c(c4c3C2=O)=NC2(CCN(CC(C)C)CC2)N=5)NC1=O. The Morgan fingerprint density at radius 2 is 1.75 bits per heavy atom. The zero-order valence-corrected chi connectivity index (χ0v) is 41.0. The maximum atomic E-state index is 14.7. The lowest BCUT2D eigenvalue weighted by Gasteiger charge is -2.36. The number of ketones is 1. The van der Waals surface area contributed by atoms with E-state index in [1.807, 2.05) is 50.4 Å². The molecule has 0 radical (unpaired) electrons. The molecule has 3 aromatic rings. The minimum atomic E-state index is -1.90. The number of aliphatic hydroxyl groups excluding tert-OH is 1. The summed E-state index contributed by atoms with van der Waals surface area (Å²) in [5.41, 5.74) is 0.663. The molecule has 69 heavy (non-hydrogen) atoms. The number of para-hydroxylation sites is 1. The molecule has 16 nitrogen and oxygen atoms in total. The van der Waals surface area contributed by atoms with Crippen molar-refractivity contribution in [3.8, 4) is 17.2 Å². The van der Waals surface area contributed by atoms with Gasteiger partial charge in [-0.05, 0) is 76.0 Å². The number of hydrogen-bond donors (Lipinski definition) is 5. The minimum Gasteiger partial charge on any atom is -0.507 e. The molecule has 16 heteroatoms. The van der Waals surface area contributed by atoms with Crippen molar-refractivity contribution in [1.82, 2.24) is 10.2 Å². The fourth-order valence-corrected chi connectivity index (χ4v) is 9.46. The van der Waals surface area contributed by atoms with Gasteiger partial charge in [0.25, 0.3) is 11.7 Å². The molecule has 8 rings (SSSR count). The third kappa shape index (κ3) is 11.6. The number of carbonyl (C=O) groups is 4. The van der Waals surface area contributed by atoms with E-state index in [9.17, 15) is 34.5 Å². The summed E-state index contributed by atoms with van der Waals surface area (Å²) < 4.78 is 18.1. The number of carbonyl (C=O) groups excluding carboxylic acids is 4. The van der Waals surface area contributed by atoms with Crippen LogP contribution in [0, 0.1) is 18.8 Å². The fourth-order valence-electron chi connectivity index (χ4n) is 9.46. The Kier molecular flexibility index (Phi) is 15.8. The summed E-state index contributed by atoms with van der Waals surface area (Å²) in [6.45, 7) is 14.4. The van der Waals surface area contributed by atoms with Crippen molar-refractivity contribution in [2.24, 2.45) is 21.8 Å². The van der Waals surface area contributed by atoms with Gasteiger partial charge in [-0.25, -0.2) is 0 Å². The van der Waals surface area contributed by atoms with E-state index >= 15 is 0 Å². The average molecular weight is 949 g/mol. The van der Waals surface area contributed by atoms with Gasteiger partial charge in [-0.15, -0.1) is 0 Å². The Bertz CT molecular complexity index is 2660. The maximum Gasteiger partial charge on any atom is 0.315 e. The van der Waals surface area contributed by atoms with E-state index in [1.54, 1.807) is 32.1 Å². The molecule has 1 spiro atoms. The van der Waals surface area contributed by atoms with Gasteiger partial charge in [0.2, 0.25) is 5.91 Å². The van der Waals surface area contributed by atoms with E-state index in [2.05, 4.69) is 34.3 Å². The highest BCUT2D eigenvalue weighted by molar-refractivity contribution is 6.19. The molecule has 5 N–H and O–H groups in total. The van der Waals surface area contributed by atoms with Crippen LogP contribution in [0.5, 0.6) is 17.2 Å². The van der Waals surface area contributed by atoms with Crippen LogP contribution in [-0.2, 0) is 23.9 Å². The minimum absolute atomic E-state index is 0.00458. The number of fused-ring (bicyclic) bond motifs is 13.